The number of carbonyl (C=O) groups is 1. The number of hydrogen-bond acceptors (Lipinski definition) is 9. The van der Waals surface area contributed by atoms with E-state index >= 15 is 0 Å². The third-order valence-corrected chi connectivity index (χ3v) is 3.07. The number of allylic oxidation sites excluding steroid dienone is 1. The molecule has 0 radical (unpaired) electrons. The number of methoxy groups -OCH3 is 1. The minimum absolute atomic E-state index is 0.0423. The van der Waals surface area contributed by atoms with Gasteiger partial charge in [-0.1, -0.05) is 0 Å². The summed E-state index contributed by atoms with van der Waals surface area (Å²) in [7, 11) is 1.18. The SMILES string of the molecule is COC(=O)c1cc(NC=C(C#N)c2nn[nH]n2)cc([N+](=O)[O-])c1C. The fourth-order valence-corrected chi connectivity index (χ4v) is 1.87. The van der Waals surface area contributed by atoms with Crippen LogP contribution in [0.2, 0.25) is 0 Å². The smallest absolute Gasteiger partial charge is 0.338 e. The predicted molar refractivity (Wildman–Crippen MR) is 80.6 cm³/mol. The van der Waals surface area contributed by atoms with Crippen LogP contribution in [-0.2, 0) is 4.74 Å². The molecule has 11 nitrogen and oxygen atoms in total. The summed E-state index contributed by atoms with van der Waals surface area (Å²) in [6, 6.07) is 4.48. The predicted octanol–water partition coefficient (Wildman–Crippen LogP) is 1.18. The highest BCUT2D eigenvalue weighted by Gasteiger charge is 2.20. The highest BCUT2D eigenvalue weighted by molar-refractivity contribution is 5.93. The summed E-state index contributed by atoms with van der Waals surface area (Å²) in [5.74, 6) is -0.651. The third-order valence-electron chi connectivity index (χ3n) is 3.07. The molecular weight excluding hydrogens is 318 g/mol. The lowest BCUT2D eigenvalue weighted by Crippen LogP contribution is -2.07. The molecule has 24 heavy (non-hydrogen) atoms. The molecule has 0 aliphatic rings. The summed E-state index contributed by atoms with van der Waals surface area (Å²) in [5, 5.41) is 35.8. The van der Waals surface area contributed by atoms with E-state index in [4.69, 9.17) is 5.26 Å². The number of anilines is 1. The molecule has 0 atom stereocenters. The Morgan fingerprint density at radius 1 is 1.54 bits per heavy atom. The summed E-state index contributed by atoms with van der Waals surface area (Å²) in [6.45, 7) is 1.45. The van der Waals surface area contributed by atoms with Gasteiger partial charge in [0.1, 0.15) is 11.6 Å². The lowest BCUT2D eigenvalue weighted by atomic mass is 10.1. The van der Waals surface area contributed by atoms with Gasteiger partial charge in [0, 0.05) is 23.5 Å². The van der Waals surface area contributed by atoms with Crippen molar-refractivity contribution >= 4 is 22.9 Å². The molecule has 2 aromatic rings. The van der Waals surface area contributed by atoms with E-state index < -0.39 is 10.9 Å². The average Bonchev–Trinajstić information content (AvgIpc) is 3.10. The Morgan fingerprint density at radius 2 is 2.29 bits per heavy atom. The fraction of sp³-hybridized carbons (Fsp3) is 0.154. The van der Waals surface area contributed by atoms with E-state index in [0.29, 0.717) is 0 Å². The van der Waals surface area contributed by atoms with E-state index in [-0.39, 0.29) is 33.9 Å². The van der Waals surface area contributed by atoms with Crippen LogP contribution in [0.3, 0.4) is 0 Å². The van der Waals surface area contributed by atoms with Crippen LogP contribution < -0.4 is 5.32 Å². The van der Waals surface area contributed by atoms with Gasteiger partial charge < -0.3 is 10.1 Å². The maximum Gasteiger partial charge on any atom is 0.338 e. The molecule has 0 aliphatic carbocycles. The molecule has 2 rings (SSSR count). The zero-order valence-corrected chi connectivity index (χ0v) is 12.6. The molecule has 1 aromatic heterocycles. The Hall–Kier alpha value is -3.81. The van der Waals surface area contributed by atoms with Crippen LogP contribution in [0.4, 0.5) is 11.4 Å². The first kappa shape index (κ1) is 16.6. The molecule has 11 heteroatoms. The van der Waals surface area contributed by atoms with Gasteiger partial charge in [0.2, 0.25) is 5.82 Å². The molecule has 0 spiro atoms. The van der Waals surface area contributed by atoms with Gasteiger partial charge in [-0.15, -0.1) is 10.2 Å². The van der Waals surface area contributed by atoms with Crippen molar-refractivity contribution in [2.75, 3.05) is 12.4 Å². The minimum Gasteiger partial charge on any atom is -0.465 e. The molecule has 0 amide bonds. The lowest BCUT2D eigenvalue weighted by Gasteiger charge is -2.08. The number of nitrogens with zero attached hydrogens (tertiary/aromatic N) is 5. The Kier molecular flexibility index (Phi) is 4.81. The van der Waals surface area contributed by atoms with Gasteiger partial charge in [-0.3, -0.25) is 10.1 Å². The molecule has 0 aliphatic heterocycles. The molecule has 0 fully saturated rings. The summed E-state index contributed by atoms with van der Waals surface area (Å²) in [6.07, 6.45) is 1.25. The van der Waals surface area contributed by atoms with E-state index in [9.17, 15) is 14.9 Å². The maximum absolute atomic E-state index is 11.8. The Balaban J connectivity index is 2.43. The zero-order chi connectivity index (χ0) is 17.7. The normalized spacial score (nSPS) is 10.8. The number of aromatic amines is 1. The molecular formula is C13H11N7O4. The van der Waals surface area contributed by atoms with Crippen molar-refractivity contribution in [1.82, 2.24) is 20.6 Å². The Morgan fingerprint density at radius 3 is 2.83 bits per heavy atom. The monoisotopic (exact) mass is 329 g/mol. The second-order valence-corrected chi connectivity index (χ2v) is 4.47. The number of esters is 1. The lowest BCUT2D eigenvalue weighted by molar-refractivity contribution is -0.385. The van der Waals surface area contributed by atoms with Gasteiger partial charge in [0.25, 0.3) is 5.69 Å². The van der Waals surface area contributed by atoms with E-state index in [1.165, 1.54) is 32.4 Å². The largest absolute Gasteiger partial charge is 0.465 e. The maximum atomic E-state index is 11.8. The second kappa shape index (κ2) is 6.97. The van der Waals surface area contributed by atoms with Crippen molar-refractivity contribution in [2.45, 2.75) is 6.92 Å². The van der Waals surface area contributed by atoms with Crippen LogP contribution in [0.15, 0.2) is 18.3 Å². The number of ether oxygens (including phenoxy) is 1. The molecule has 1 heterocycles. The Bertz CT molecular complexity index is 852. The quantitative estimate of drug-likeness (QED) is 0.355. The number of nitrogens with one attached hydrogen (secondary N) is 2. The van der Waals surface area contributed by atoms with Gasteiger partial charge in [0.05, 0.1) is 17.6 Å². The van der Waals surface area contributed by atoms with E-state index in [1.54, 1.807) is 0 Å². The van der Waals surface area contributed by atoms with Crippen LogP contribution in [0.5, 0.6) is 0 Å². The molecule has 0 saturated heterocycles. The number of hydrogen-bond donors (Lipinski definition) is 2. The number of nitriles is 1. The Labute approximate surface area is 135 Å². The molecule has 122 valence electrons. The van der Waals surface area contributed by atoms with Crippen LogP contribution >= 0.6 is 0 Å². The van der Waals surface area contributed by atoms with E-state index in [0.717, 1.165) is 0 Å². The van der Waals surface area contributed by atoms with E-state index in [1.807, 2.05) is 6.07 Å². The highest BCUT2D eigenvalue weighted by Crippen LogP contribution is 2.27. The van der Waals surface area contributed by atoms with Crippen LogP contribution in [0, 0.1) is 28.4 Å². The summed E-state index contributed by atoms with van der Waals surface area (Å²) in [5.41, 5.74) is 0.239. The number of nitro benzene ring substituents is 1. The first-order chi connectivity index (χ1) is 11.5. The molecule has 0 saturated carbocycles. The van der Waals surface area contributed by atoms with Gasteiger partial charge in [-0.2, -0.15) is 10.5 Å². The molecule has 1 aromatic carbocycles. The number of benzene rings is 1. The second-order valence-electron chi connectivity index (χ2n) is 4.47. The number of nitro groups is 1. The number of H-pyrrole nitrogens is 1. The topological polar surface area (TPSA) is 160 Å². The van der Waals surface area contributed by atoms with Crippen molar-refractivity contribution < 1.29 is 14.5 Å². The standard InChI is InChI=1S/C13H11N7O4/c1-7-10(13(21)24-2)3-9(4-11(7)20(22)23)15-6-8(5-14)12-16-18-19-17-12/h3-4,6,15H,1-2H3,(H,16,17,18,19). The van der Waals surface area contributed by atoms with Crippen molar-refractivity contribution in [3.8, 4) is 6.07 Å². The van der Waals surface area contributed by atoms with Gasteiger partial charge in [-0.25, -0.2) is 4.79 Å². The molecule has 2 N–H and O–H groups in total. The van der Waals surface area contributed by atoms with Crippen LogP contribution in [-0.4, -0.2) is 38.6 Å². The fourth-order valence-electron chi connectivity index (χ4n) is 1.87. The van der Waals surface area contributed by atoms with Crippen molar-refractivity contribution in [2.24, 2.45) is 0 Å². The minimum atomic E-state index is -0.707. The first-order valence-electron chi connectivity index (χ1n) is 6.46. The summed E-state index contributed by atoms with van der Waals surface area (Å²) >= 11 is 0. The van der Waals surface area contributed by atoms with Crippen molar-refractivity contribution in [3.63, 3.8) is 0 Å². The number of carbonyl (C=O) groups excluding carboxylic acids is 1. The number of aromatic nitrogens is 4. The van der Waals surface area contributed by atoms with Gasteiger partial charge in [0.15, 0.2) is 0 Å². The zero-order valence-electron chi connectivity index (χ0n) is 12.6. The average molecular weight is 329 g/mol. The molecule has 0 bridgehead atoms. The van der Waals surface area contributed by atoms with Gasteiger partial charge >= 0.3 is 5.97 Å². The van der Waals surface area contributed by atoms with Crippen molar-refractivity contribution in [3.05, 3.63) is 45.4 Å². The number of tetrazole rings is 1. The van der Waals surface area contributed by atoms with Crippen LogP contribution in [0.25, 0.3) is 5.57 Å². The van der Waals surface area contributed by atoms with Crippen LogP contribution in [0.1, 0.15) is 21.7 Å². The highest BCUT2D eigenvalue weighted by atomic mass is 16.6. The summed E-state index contributed by atoms with van der Waals surface area (Å²) in [4.78, 5) is 22.3. The first-order valence-corrected chi connectivity index (χ1v) is 6.46. The van der Waals surface area contributed by atoms with Crippen molar-refractivity contribution in [1.29, 1.82) is 5.26 Å². The molecule has 0 unspecified atom stereocenters. The van der Waals surface area contributed by atoms with E-state index in [2.05, 4.69) is 30.7 Å². The third kappa shape index (κ3) is 3.33. The number of rotatable bonds is 5. The summed E-state index contributed by atoms with van der Waals surface area (Å²) < 4.78 is 4.62. The van der Waals surface area contributed by atoms with Gasteiger partial charge in [-0.05, 0) is 18.2 Å².